The van der Waals surface area contributed by atoms with Crippen molar-refractivity contribution in [2.45, 2.75) is 71.2 Å². The van der Waals surface area contributed by atoms with Crippen LogP contribution in [0.1, 0.15) is 53.0 Å². The zero-order chi connectivity index (χ0) is 27.8. The van der Waals surface area contributed by atoms with Crippen molar-refractivity contribution in [2.24, 2.45) is 5.92 Å². The number of piperidine rings is 1. The molecule has 2 amide bonds. The number of nitrogens with one attached hydrogen (secondary N) is 1. The van der Waals surface area contributed by atoms with Crippen LogP contribution in [0, 0.1) is 5.92 Å². The van der Waals surface area contributed by atoms with Gasteiger partial charge in [0.2, 0.25) is 5.91 Å². The summed E-state index contributed by atoms with van der Waals surface area (Å²) >= 11 is 0. The van der Waals surface area contributed by atoms with Crippen molar-refractivity contribution in [3.8, 4) is 0 Å². The predicted molar refractivity (Wildman–Crippen MR) is 143 cm³/mol. The number of fused-ring (bicyclic) bond motifs is 1. The molecule has 1 N–H and O–H groups in total. The Hall–Kier alpha value is -3.01. The topological polar surface area (TPSA) is 78.0 Å². The van der Waals surface area contributed by atoms with Gasteiger partial charge in [0.1, 0.15) is 5.60 Å². The number of nitrogens with zero attached hydrogens (tertiary/aromatic N) is 4. The first kappa shape index (κ1) is 28.0. The van der Waals surface area contributed by atoms with Crippen molar-refractivity contribution in [3.63, 3.8) is 0 Å². The molecule has 0 saturated carbocycles. The van der Waals surface area contributed by atoms with Gasteiger partial charge in [-0.25, -0.2) is 13.6 Å². The second-order valence-corrected chi connectivity index (χ2v) is 11.7. The summed E-state index contributed by atoms with van der Waals surface area (Å²) in [4.78, 5) is 35.5. The van der Waals surface area contributed by atoms with E-state index in [0.29, 0.717) is 36.5 Å². The van der Waals surface area contributed by atoms with Gasteiger partial charge in [0, 0.05) is 62.1 Å². The lowest BCUT2D eigenvalue weighted by Gasteiger charge is -2.46. The quantitative estimate of drug-likeness (QED) is 0.594. The number of rotatable bonds is 6. The van der Waals surface area contributed by atoms with Crippen molar-refractivity contribution in [1.29, 1.82) is 0 Å². The van der Waals surface area contributed by atoms with Crippen LogP contribution < -0.4 is 10.2 Å². The number of anilines is 1. The summed E-state index contributed by atoms with van der Waals surface area (Å²) < 4.78 is 32.6. The van der Waals surface area contributed by atoms with Crippen LogP contribution in [0.25, 0.3) is 10.9 Å². The molecule has 3 atom stereocenters. The Morgan fingerprint density at radius 3 is 2.53 bits per heavy atom. The number of likely N-dealkylation sites (N-methyl/N-ethyl adjacent to an activating group) is 1. The first-order valence-corrected chi connectivity index (χ1v) is 13.2. The van der Waals surface area contributed by atoms with Crippen molar-refractivity contribution < 1.29 is 23.1 Å². The minimum atomic E-state index is -2.60. The Kier molecular flexibility index (Phi) is 8.11. The molecule has 4 rings (SSSR count). The van der Waals surface area contributed by atoms with E-state index in [1.54, 1.807) is 24.1 Å². The number of alkyl halides is 2. The normalized spacial score (nSPS) is 21.8. The molecule has 3 heterocycles. The van der Waals surface area contributed by atoms with Crippen LogP contribution in [0.3, 0.4) is 0 Å². The second-order valence-electron chi connectivity index (χ2n) is 11.7. The number of halogens is 2. The van der Waals surface area contributed by atoms with Gasteiger partial charge in [0.25, 0.3) is 6.43 Å². The van der Waals surface area contributed by atoms with Gasteiger partial charge in [0.15, 0.2) is 0 Å². The Morgan fingerprint density at radius 1 is 1.16 bits per heavy atom. The van der Waals surface area contributed by atoms with Gasteiger partial charge in [-0.15, -0.1) is 0 Å². The molecule has 0 aliphatic carbocycles. The minimum absolute atomic E-state index is 0.00314. The highest BCUT2D eigenvalue weighted by Gasteiger charge is 2.39. The molecule has 2 aromatic rings. The highest BCUT2D eigenvalue weighted by Crippen LogP contribution is 2.35. The van der Waals surface area contributed by atoms with E-state index in [9.17, 15) is 18.4 Å². The van der Waals surface area contributed by atoms with Crippen LogP contribution in [0.15, 0.2) is 30.5 Å². The van der Waals surface area contributed by atoms with Gasteiger partial charge >= 0.3 is 6.09 Å². The van der Waals surface area contributed by atoms with E-state index in [0.717, 1.165) is 18.7 Å². The Morgan fingerprint density at radius 2 is 1.87 bits per heavy atom. The number of hydrogen-bond donors (Lipinski definition) is 1. The maximum atomic E-state index is 13.6. The predicted octanol–water partition coefficient (Wildman–Crippen LogP) is 4.44. The van der Waals surface area contributed by atoms with Crippen LogP contribution in [0.2, 0.25) is 0 Å². The third-order valence-corrected chi connectivity index (χ3v) is 7.41. The number of hydrogen-bond acceptors (Lipinski definition) is 6. The highest BCUT2D eigenvalue weighted by atomic mass is 19.3. The van der Waals surface area contributed by atoms with E-state index in [2.05, 4.69) is 22.1 Å². The number of amides is 2. The van der Waals surface area contributed by atoms with Crippen molar-refractivity contribution in [2.75, 3.05) is 38.1 Å². The summed E-state index contributed by atoms with van der Waals surface area (Å²) in [7, 11) is 1.73. The molecule has 1 aromatic heterocycles. The SMILES string of the molecule is CC(C(=O)N[C@@H]1C[C@H](C)CN(c2ccc(C(F)F)c3ncccc23)C1)N1CC(N(C)C(=O)OC(C)(C)C)C1. The van der Waals surface area contributed by atoms with Crippen LogP contribution in [-0.2, 0) is 9.53 Å². The minimum Gasteiger partial charge on any atom is -0.444 e. The maximum Gasteiger partial charge on any atom is 0.410 e. The van der Waals surface area contributed by atoms with E-state index in [1.807, 2.05) is 38.7 Å². The first-order valence-electron chi connectivity index (χ1n) is 13.2. The van der Waals surface area contributed by atoms with Crippen molar-refractivity contribution in [1.82, 2.24) is 20.1 Å². The summed E-state index contributed by atoms with van der Waals surface area (Å²) in [5.74, 6) is 0.253. The third-order valence-electron chi connectivity index (χ3n) is 7.41. The molecule has 10 heteroatoms. The van der Waals surface area contributed by atoms with Crippen LogP contribution in [0.4, 0.5) is 19.3 Å². The number of carbonyl (C=O) groups is 2. The lowest BCUT2D eigenvalue weighted by Crippen LogP contribution is -2.65. The van der Waals surface area contributed by atoms with E-state index in [4.69, 9.17) is 4.74 Å². The molecule has 0 radical (unpaired) electrons. The fourth-order valence-corrected chi connectivity index (χ4v) is 5.30. The Labute approximate surface area is 223 Å². The average Bonchev–Trinajstić information content (AvgIpc) is 2.80. The van der Waals surface area contributed by atoms with Gasteiger partial charge in [-0.05, 0) is 64.3 Å². The van der Waals surface area contributed by atoms with E-state index < -0.39 is 12.0 Å². The number of likely N-dealkylation sites (tertiary alicyclic amines) is 1. The molecular formula is C28H39F2N5O3. The van der Waals surface area contributed by atoms with Gasteiger partial charge in [-0.1, -0.05) is 6.92 Å². The standard InChI is InChI=1S/C28H39F2N5O3/c1-17-12-19(14-35(13-17)23-10-9-22(25(29)30)24-21(23)8-7-11-31-24)32-26(36)18(2)34-15-20(16-34)33(6)27(37)38-28(3,4)5/h7-11,17-20,25H,12-16H2,1-6H3,(H,32,36)/t17-,18?,19+/m0/s1. The summed E-state index contributed by atoms with van der Waals surface area (Å²) in [6.45, 7) is 12.1. The molecule has 1 unspecified atom stereocenters. The number of pyridine rings is 1. The van der Waals surface area contributed by atoms with Crippen LogP contribution in [-0.4, -0.2) is 83.7 Å². The first-order chi connectivity index (χ1) is 17.8. The average molecular weight is 532 g/mol. The van der Waals surface area contributed by atoms with E-state index in [-0.39, 0.29) is 35.7 Å². The third kappa shape index (κ3) is 6.17. The van der Waals surface area contributed by atoms with Gasteiger partial charge < -0.3 is 19.9 Å². The lowest BCUT2D eigenvalue weighted by molar-refractivity contribution is -0.129. The molecule has 208 valence electrons. The largest absolute Gasteiger partial charge is 0.444 e. The van der Waals surface area contributed by atoms with E-state index >= 15 is 0 Å². The Balaban J connectivity index is 1.37. The molecule has 2 saturated heterocycles. The summed E-state index contributed by atoms with van der Waals surface area (Å²) in [6, 6.07) is 6.38. The lowest BCUT2D eigenvalue weighted by atomic mass is 9.94. The van der Waals surface area contributed by atoms with Crippen LogP contribution >= 0.6 is 0 Å². The number of benzene rings is 1. The van der Waals surface area contributed by atoms with Crippen LogP contribution in [0.5, 0.6) is 0 Å². The van der Waals surface area contributed by atoms with E-state index in [1.165, 1.54) is 12.3 Å². The highest BCUT2D eigenvalue weighted by molar-refractivity contribution is 5.94. The van der Waals surface area contributed by atoms with Crippen molar-refractivity contribution in [3.05, 3.63) is 36.0 Å². The zero-order valence-corrected chi connectivity index (χ0v) is 23.1. The smallest absolute Gasteiger partial charge is 0.410 e. The summed E-state index contributed by atoms with van der Waals surface area (Å²) in [5, 5.41) is 3.90. The number of carbonyl (C=O) groups excluding carboxylic acids is 2. The fraction of sp³-hybridized carbons (Fsp3) is 0.607. The molecule has 2 aliphatic rings. The molecule has 0 spiro atoms. The molecule has 2 aliphatic heterocycles. The monoisotopic (exact) mass is 531 g/mol. The molecular weight excluding hydrogens is 492 g/mol. The van der Waals surface area contributed by atoms with Crippen molar-refractivity contribution >= 4 is 28.6 Å². The molecule has 0 bridgehead atoms. The van der Waals surface area contributed by atoms with Gasteiger partial charge in [0.05, 0.1) is 17.6 Å². The number of aromatic nitrogens is 1. The summed E-state index contributed by atoms with van der Waals surface area (Å²) in [6.07, 6.45) is -0.586. The Bertz CT molecular complexity index is 1160. The fourth-order valence-electron chi connectivity index (χ4n) is 5.30. The zero-order valence-electron chi connectivity index (χ0n) is 23.1. The maximum absolute atomic E-state index is 13.6. The summed E-state index contributed by atoms with van der Waals surface area (Å²) in [5.41, 5.74) is 0.544. The van der Waals surface area contributed by atoms with Gasteiger partial charge in [-0.2, -0.15) is 0 Å². The molecule has 38 heavy (non-hydrogen) atoms. The molecule has 2 fully saturated rings. The molecule has 8 nitrogen and oxygen atoms in total. The van der Waals surface area contributed by atoms with Gasteiger partial charge in [-0.3, -0.25) is 14.7 Å². The second kappa shape index (κ2) is 11.0. The number of ether oxygens (including phenoxy) is 1. The molecule has 1 aromatic carbocycles.